The fourth-order valence-electron chi connectivity index (χ4n) is 2.18. The van der Waals surface area contributed by atoms with E-state index in [0.29, 0.717) is 6.54 Å². The van der Waals surface area contributed by atoms with Crippen LogP contribution in [0, 0.1) is 11.3 Å². The molecule has 0 unspecified atom stereocenters. The molecule has 0 amide bonds. The summed E-state index contributed by atoms with van der Waals surface area (Å²) in [6.07, 6.45) is 4.00. The Morgan fingerprint density at radius 1 is 1.43 bits per heavy atom. The number of rotatable bonds is 4. The van der Waals surface area contributed by atoms with Gasteiger partial charge in [0.05, 0.1) is 11.8 Å². The van der Waals surface area contributed by atoms with Gasteiger partial charge >= 0.3 is 0 Å². The lowest BCUT2D eigenvalue weighted by atomic mass is 10.1. The molecule has 0 aromatic carbocycles. The van der Waals surface area contributed by atoms with Crippen LogP contribution in [-0.4, -0.2) is 47.1 Å². The van der Waals surface area contributed by atoms with Crippen LogP contribution in [0.1, 0.15) is 32.4 Å². The van der Waals surface area contributed by atoms with Gasteiger partial charge in [0, 0.05) is 18.9 Å². The Morgan fingerprint density at radius 3 is 2.81 bits per heavy atom. The third kappa shape index (κ3) is 3.49. The van der Waals surface area contributed by atoms with Crippen molar-refractivity contribution >= 4 is 10.0 Å². The summed E-state index contributed by atoms with van der Waals surface area (Å²) in [6, 6.07) is 1.91. The molecule has 2 rings (SSSR count). The number of ether oxygens (including phenoxy) is 1. The predicted octanol–water partition coefficient (Wildman–Crippen LogP) is 0.930. The Bertz CT molecular complexity index is 639. The van der Waals surface area contributed by atoms with Crippen LogP contribution in [0.2, 0.25) is 0 Å². The second-order valence-electron chi connectivity index (χ2n) is 5.16. The molecule has 21 heavy (non-hydrogen) atoms. The number of piperidine rings is 1. The molecule has 1 aliphatic rings. The van der Waals surface area contributed by atoms with Crippen molar-refractivity contribution in [3.05, 3.63) is 18.1 Å². The molecule has 2 heterocycles. The van der Waals surface area contributed by atoms with E-state index >= 15 is 0 Å². The number of sulfonamides is 1. The standard InChI is InChI=1S/C13H18N4O3S/c1-10(2)21(18,19)17-7-3-4-11(9-17)20-13-12(8-14)15-5-6-16-13/h5-6,10-11H,3-4,7,9H2,1-2H3/t11-/m0/s1. The van der Waals surface area contributed by atoms with Crippen molar-refractivity contribution in [3.8, 4) is 11.9 Å². The monoisotopic (exact) mass is 310 g/mol. The fourth-order valence-corrected chi connectivity index (χ4v) is 3.53. The van der Waals surface area contributed by atoms with Gasteiger partial charge in [-0.05, 0) is 26.7 Å². The molecule has 1 aromatic heterocycles. The zero-order valence-corrected chi connectivity index (χ0v) is 12.9. The van der Waals surface area contributed by atoms with E-state index < -0.39 is 15.3 Å². The molecule has 8 heteroatoms. The van der Waals surface area contributed by atoms with E-state index in [-0.39, 0.29) is 24.2 Å². The van der Waals surface area contributed by atoms with Crippen LogP contribution in [0.3, 0.4) is 0 Å². The van der Waals surface area contributed by atoms with Gasteiger partial charge in [-0.25, -0.2) is 18.4 Å². The molecule has 0 aliphatic carbocycles. The summed E-state index contributed by atoms with van der Waals surface area (Å²) in [5.74, 6) is 0.161. The number of nitriles is 1. The SMILES string of the molecule is CC(C)S(=O)(=O)N1CCC[C@H](Oc2nccnc2C#N)C1. The molecule has 1 saturated heterocycles. The highest BCUT2D eigenvalue weighted by Crippen LogP contribution is 2.21. The molecule has 1 aliphatic heterocycles. The van der Waals surface area contributed by atoms with Crippen LogP contribution in [0.4, 0.5) is 0 Å². The van der Waals surface area contributed by atoms with Crippen LogP contribution in [-0.2, 0) is 10.0 Å². The first-order valence-corrected chi connectivity index (χ1v) is 8.32. The number of nitrogens with zero attached hydrogens (tertiary/aromatic N) is 4. The summed E-state index contributed by atoms with van der Waals surface area (Å²) in [5.41, 5.74) is 0.112. The van der Waals surface area contributed by atoms with E-state index in [0.717, 1.165) is 12.8 Å². The average Bonchev–Trinajstić information content (AvgIpc) is 2.48. The van der Waals surface area contributed by atoms with E-state index in [9.17, 15) is 8.42 Å². The Kier molecular flexibility index (Phi) is 4.75. The van der Waals surface area contributed by atoms with Crippen molar-refractivity contribution in [1.82, 2.24) is 14.3 Å². The third-order valence-electron chi connectivity index (χ3n) is 3.35. The second kappa shape index (κ2) is 6.37. The molecule has 0 spiro atoms. The fraction of sp³-hybridized carbons (Fsp3) is 0.615. The van der Waals surface area contributed by atoms with E-state index in [2.05, 4.69) is 9.97 Å². The van der Waals surface area contributed by atoms with Crippen LogP contribution < -0.4 is 4.74 Å². The van der Waals surface area contributed by atoms with E-state index in [1.807, 2.05) is 6.07 Å². The molecule has 1 atom stereocenters. The summed E-state index contributed by atoms with van der Waals surface area (Å²) in [4.78, 5) is 7.87. The second-order valence-corrected chi connectivity index (χ2v) is 7.64. The predicted molar refractivity (Wildman–Crippen MR) is 76.0 cm³/mol. The van der Waals surface area contributed by atoms with Crippen LogP contribution in [0.25, 0.3) is 0 Å². The summed E-state index contributed by atoms with van der Waals surface area (Å²) in [5, 5.41) is 8.51. The van der Waals surface area contributed by atoms with Gasteiger partial charge in [-0.2, -0.15) is 9.57 Å². The minimum absolute atomic E-state index is 0.112. The molecule has 1 fully saturated rings. The van der Waals surface area contributed by atoms with Gasteiger partial charge in [-0.1, -0.05) is 0 Å². The zero-order valence-electron chi connectivity index (χ0n) is 12.1. The molecule has 114 valence electrons. The molecular formula is C13H18N4O3S. The maximum absolute atomic E-state index is 12.2. The molecule has 1 aromatic rings. The van der Waals surface area contributed by atoms with Crippen molar-refractivity contribution < 1.29 is 13.2 Å². The lowest BCUT2D eigenvalue weighted by Gasteiger charge is -2.32. The Balaban J connectivity index is 2.11. The molecule has 7 nitrogen and oxygen atoms in total. The Labute approximate surface area is 124 Å². The molecular weight excluding hydrogens is 292 g/mol. The highest BCUT2D eigenvalue weighted by atomic mass is 32.2. The lowest BCUT2D eigenvalue weighted by Crippen LogP contribution is -2.46. The molecule has 0 saturated carbocycles. The first-order chi connectivity index (χ1) is 9.95. The van der Waals surface area contributed by atoms with E-state index in [1.165, 1.54) is 16.7 Å². The van der Waals surface area contributed by atoms with Gasteiger partial charge in [0.2, 0.25) is 15.7 Å². The van der Waals surface area contributed by atoms with Crippen molar-refractivity contribution in [1.29, 1.82) is 5.26 Å². The highest BCUT2D eigenvalue weighted by Gasteiger charge is 2.32. The normalized spacial score (nSPS) is 20.2. The van der Waals surface area contributed by atoms with Crippen LogP contribution >= 0.6 is 0 Å². The zero-order chi connectivity index (χ0) is 15.5. The largest absolute Gasteiger partial charge is 0.471 e. The lowest BCUT2D eigenvalue weighted by molar-refractivity contribution is 0.123. The minimum Gasteiger partial charge on any atom is -0.471 e. The van der Waals surface area contributed by atoms with Crippen LogP contribution in [0.5, 0.6) is 5.88 Å². The van der Waals surface area contributed by atoms with Crippen molar-refractivity contribution in [3.63, 3.8) is 0 Å². The number of hydrogen-bond donors (Lipinski definition) is 0. The minimum atomic E-state index is -3.29. The van der Waals surface area contributed by atoms with Gasteiger partial charge in [0.25, 0.3) is 5.88 Å². The maximum atomic E-state index is 12.2. The summed E-state index contributed by atoms with van der Waals surface area (Å²) >= 11 is 0. The summed E-state index contributed by atoms with van der Waals surface area (Å²) < 4.78 is 31.5. The molecule has 0 bridgehead atoms. The molecule has 0 radical (unpaired) electrons. The quantitative estimate of drug-likeness (QED) is 0.821. The number of aromatic nitrogens is 2. The Morgan fingerprint density at radius 2 is 2.14 bits per heavy atom. The molecule has 0 N–H and O–H groups in total. The third-order valence-corrected chi connectivity index (χ3v) is 5.59. The first kappa shape index (κ1) is 15.7. The van der Waals surface area contributed by atoms with E-state index in [4.69, 9.17) is 10.00 Å². The van der Waals surface area contributed by atoms with Gasteiger partial charge in [0.15, 0.2) is 0 Å². The van der Waals surface area contributed by atoms with Crippen molar-refractivity contribution in [2.24, 2.45) is 0 Å². The average molecular weight is 310 g/mol. The van der Waals surface area contributed by atoms with E-state index in [1.54, 1.807) is 13.8 Å². The van der Waals surface area contributed by atoms with Gasteiger partial charge in [-0.15, -0.1) is 0 Å². The Hall–Kier alpha value is -1.72. The van der Waals surface area contributed by atoms with Gasteiger partial charge in [-0.3, -0.25) is 0 Å². The van der Waals surface area contributed by atoms with Crippen molar-refractivity contribution in [2.45, 2.75) is 38.0 Å². The van der Waals surface area contributed by atoms with Gasteiger partial charge in [0.1, 0.15) is 12.2 Å². The first-order valence-electron chi connectivity index (χ1n) is 6.82. The smallest absolute Gasteiger partial charge is 0.251 e. The van der Waals surface area contributed by atoms with Gasteiger partial charge < -0.3 is 4.74 Å². The van der Waals surface area contributed by atoms with Crippen LogP contribution in [0.15, 0.2) is 12.4 Å². The summed E-state index contributed by atoms with van der Waals surface area (Å²) in [6.45, 7) is 4.11. The maximum Gasteiger partial charge on any atom is 0.251 e. The van der Waals surface area contributed by atoms with Crippen molar-refractivity contribution in [2.75, 3.05) is 13.1 Å². The number of hydrogen-bond acceptors (Lipinski definition) is 6. The summed E-state index contributed by atoms with van der Waals surface area (Å²) in [7, 11) is -3.29. The highest BCUT2D eigenvalue weighted by molar-refractivity contribution is 7.89. The topological polar surface area (TPSA) is 96.2 Å².